The molecule has 11 nitrogen and oxygen atoms in total. The number of nitrogens with zero attached hydrogens (tertiary/aromatic N) is 4. The van der Waals surface area contributed by atoms with E-state index in [4.69, 9.17) is 4.74 Å². The maximum Gasteiger partial charge on any atom is 0.274 e. The number of piperazine rings is 1. The topological polar surface area (TPSA) is 134 Å². The number of benzene rings is 1. The first kappa shape index (κ1) is 23.1. The summed E-state index contributed by atoms with van der Waals surface area (Å²) in [6.45, 7) is 0.908. The minimum atomic E-state index is -0.973. The lowest BCUT2D eigenvalue weighted by Gasteiger charge is -2.41. The average molecular weight is 466 g/mol. The maximum absolute atomic E-state index is 13.3. The fraction of sp³-hybridized carbons (Fsp3) is 0.391. The molecule has 4 rings (SSSR count). The second kappa shape index (κ2) is 10.3. The van der Waals surface area contributed by atoms with Crippen molar-refractivity contribution in [3.63, 3.8) is 0 Å². The molecule has 34 heavy (non-hydrogen) atoms. The van der Waals surface area contributed by atoms with Gasteiger partial charge in [0.15, 0.2) is 0 Å². The van der Waals surface area contributed by atoms with Gasteiger partial charge in [0.25, 0.3) is 11.8 Å². The smallest absolute Gasteiger partial charge is 0.274 e. The molecule has 2 aliphatic rings. The average Bonchev–Trinajstić information content (AvgIpc) is 2.89. The Bertz CT molecular complexity index is 1060. The molecule has 0 aliphatic carbocycles. The summed E-state index contributed by atoms with van der Waals surface area (Å²) in [5.41, 5.74) is 0.547. The molecule has 2 aromatic rings. The largest absolute Gasteiger partial charge is 0.497 e. The summed E-state index contributed by atoms with van der Waals surface area (Å²) >= 11 is 0. The zero-order chi connectivity index (χ0) is 24.1. The molecule has 2 atom stereocenters. The summed E-state index contributed by atoms with van der Waals surface area (Å²) in [4.78, 5) is 62.6. The molecular weight excluding hydrogens is 440 g/mol. The third-order valence-electron chi connectivity index (χ3n) is 5.95. The maximum atomic E-state index is 13.3. The van der Waals surface area contributed by atoms with Crippen molar-refractivity contribution in [2.24, 2.45) is 0 Å². The monoisotopic (exact) mass is 466 g/mol. The van der Waals surface area contributed by atoms with Gasteiger partial charge in [-0.05, 0) is 37.1 Å². The van der Waals surface area contributed by atoms with Gasteiger partial charge in [-0.1, -0.05) is 0 Å². The van der Waals surface area contributed by atoms with E-state index in [-0.39, 0.29) is 43.0 Å². The van der Waals surface area contributed by atoms with Crippen LogP contribution in [0.4, 0.5) is 0 Å². The van der Waals surface area contributed by atoms with Gasteiger partial charge in [0.2, 0.25) is 11.8 Å². The quantitative estimate of drug-likeness (QED) is 0.626. The van der Waals surface area contributed by atoms with Gasteiger partial charge in [-0.3, -0.25) is 24.2 Å². The van der Waals surface area contributed by atoms with Crippen molar-refractivity contribution in [3.05, 3.63) is 54.1 Å². The van der Waals surface area contributed by atoms with E-state index >= 15 is 0 Å². The molecule has 1 aromatic heterocycles. The van der Waals surface area contributed by atoms with Gasteiger partial charge in [0.1, 0.15) is 23.5 Å². The zero-order valence-corrected chi connectivity index (χ0v) is 18.8. The number of hydrogen-bond acceptors (Lipinski definition) is 7. The van der Waals surface area contributed by atoms with Crippen molar-refractivity contribution in [2.75, 3.05) is 33.3 Å². The Morgan fingerprint density at radius 3 is 2.59 bits per heavy atom. The van der Waals surface area contributed by atoms with Crippen molar-refractivity contribution < 1.29 is 23.9 Å². The number of carbonyl (C=O) groups is 4. The number of amides is 4. The number of hydrogen-bond donors (Lipinski definition) is 2. The number of rotatable bonds is 5. The minimum absolute atomic E-state index is 0.0303. The first-order chi connectivity index (χ1) is 16.5. The van der Waals surface area contributed by atoms with Crippen LogP contribution in [0.2, 0.25) is 0 Å². The van der Waals surface area contributed by atoms with Crippen molar-refractivity contribution >= 4 is 23.6 Å². The Hall–Kier alpha value is -4.02. The first-order valence-corrected chi connectivity index (χ1v) is 11.1. The van der Waals surface area contributed by atoms with E-state index in [0.29, 0.717) is 24.3 Å². The summed E-state index contributed by atoms with van der Waals surface area (Å²) in [6, 6.07) is 4.94. The number of nitrogens with one attached hydrogen (secondary N) is 2. The molecule has 0 saturated carbocycles. The van der Waals surface area contributed by atoms with E-state index in [1.807, 2.05) is 0 Å². The van der Waals surface area contributed by atoms with Gasteiger partial charge in [-0.25, -0.2) is 4.98 Å². The summed E-state index contributed by atoms with van der Waals surface area (Å²) in [5, 5.41) is 5.50. The highest BCUT2D eigenvalue weighted by molar-refractivity contribution is 5.99. The van der Waals surface area contributed by atoms with Crippen LogP contribution in [0, 0.1) is 0 Å². The lowest BCUT2D eigenvalue weighted by Crippen LogP contribution is -2.63. The van der Waals surface area contributed by atoms with E-state index in [0.717, 1.165) is 6.42 Å². The van der Waals surface area contributed by atoms with Crippen molar-refractivity contribution in [1.29, 1.82) is 0 Å². The van der Waals surface area contributed by atoms with Gasteiger partial charge in [-0.15, -0.1) is 0 Å². The van der Waals surface area contributed by atoms with E-state index in [2.05, 4.69) is 20.6 Å². The third-order valence-corrected chi connectivity index (χ3v) is 5.95. The molecule has 178 valence electrons. The number of methoxy groups -OCH3 is 1. The Kier molecular flexibility index (Phi) is 7.00. The normalized spacial score (nSPS) is 20.3. The Labute approximate surface area is 196 Å². The van der Waals surface area contributed by atoms with Crippen LogP contribution in [0.5, 0.6) is 5.75 Å². The Morgan fingerprint density at radius 2 is 1.91 bits per heavy atom. The molecule has 0 spiro atoms. The molecule has 4 amide bonds. The minimum Gasteiger partial charge on any atom is -0.497 e. The lowest BCUT2D eigenvalue weighted by molar-refractivity contribution is -0.133. The highest BCUT2D eigenvalue weighted by Crippen LogP contribution is 2.19. The SMILES string of the molecule is COc1ccc(C(=O)N2CCN(C(=O)c3cnccn3)C[C@@H]2C(=O)N[C@@H]2CCCNC2=O)cc1. The second-order valence-corrected chi connectivity index (χ2v) is 8.08. The molecule has 2 N–H and O–H groups in total. The third kappa shape index (κ3) is 4.98. The highest BCUT2D eigenvalue weighted by Gasteiger charge is 2.39. The highest BCUT2D eigenvalue weighted by atomic mass is 16.5. The van der Waals surface area contributed by atoms with Crippen LogP contribution in [-0.2, 0) is 9.59 Å². The van der Waals surface area contributed by atoms with E-state index in [1.54, 1.807) is 24.3 Å². The predicted octanol–water partition coefficient (Wildman–Crippen LogP) is -0.153. The van der Waals surface area contributed by atoms with Gasteiger partial charge < -0.3 is 25.2 Å². The summed E-state index contributed by atoms with van der Waals surface area (Å²) in [6.07, 6.45) is 5.50. The van der Waals surface area contributed by atoms with Crippen molar-refractivity contribution in [1.82, 2.24) is 30.4 Å². The van der Waals surface area contributed by atoms with Crippen molar-refractivity contribution in [2.45, 2.75) is 24.9 Å². The molecule has 0 unspecified atom stereocenters. The molecule has 2 aliphatic heterocycles. The van der Waals surface area contributed by atoms with Crippen LogP contribution in [-0.4, -0.2) is 88.8 Å². The molecular formula is C23H26N6O5. The second-order valence-electron chi connectivity index (χ2n) is 8.08. The number of piperidine rings is 1. The summed E-state index contributed by atoms with van der Waals surface area (Å²) < 4.78 is 5.15. The van der Waals surface area contributed by atoms with Gasteiger partial charge in [0, 0.05) is 37.6 Å². The number of carbonyl (C=O) groups excluding carboxylic acids is 4. The van der Waals surface area contributed by atoms with Crippen molar-refractivity contribution in [3.8, 4) is 5.75 Å². The molecule has 2 saturated heterocycles. The molecule has 11 heteroatoms. The summed E-state index contributed by atoms with van der Waals surface area (Å²) in [5.74, 6) is -0.856. The standard InChI is InChI=1S/C23H26N6O5/c1-34-16-6-4-15(5-7-16)22(32)29-12-11-28(23(33)18-13-24-9-10-25-18)14-19(29)21(31)27-17-3-2-8-26-20(17)30/h4-7,9-10,13,17,19H,2-3,8,11-12,14H2,1H3,(H,26,30)(H,27,31)/t17-,19-/m1/s1. The van der Waals surface area contributed by atoms with Crippen LogP contribution < -0.4 is 15.4 Å². The predicted molar refractivity (Wildman–Crippen MR) is 120 cm³/mol. The molecule has 0 bridgehead atoms. The van der Waals surface area contributed by atoms with E-state index in [1.165, 1.54) is 35.5 Å². The zero-order valence-electron chi connectivity index (χ0n) is 18.8. The van der Waals surface area contributed by atoms with Gasteiger partial charge >= 0.3 is 0 Å². The van der Waals surface area contributed by atoms with Crippen LogP contribution in [0.15, 0.2) is 42.9 Å². The summed E-state index contributed by atoms with van der Waals surface area (Å²) in [7, 11) is 1.53. The van der Waals surface area contributed by atoms with Crippen LogP contribution in [0.25, 0.3) is 0 Å². The Morgan fingerprint density at radius 1 is 1.12 bits per heavy atom. The fourth-order valence-electron chi connectivity index (χ4n) is 4.08. The number of ether oxygens (including phenoxy) is 1. The Balaban J connectivity index is 1.56. The molecule has 3 heterocycles. The van der Waals surface area contributed by atoms with Crippen LogP contribution >= 0.6 is 0 Å². The first-order valence-electron chi connectivity index (χ1n) is 11.1. The molecule has 0 radical (unpaired) electrons. The van der Waals surface area contributed by atoms with Gasteiger partial charge in [-0.2, -0.15) is 0 Å². The van der Waals surface area contributed by atoms with E-state index < -0.39 is 18.0 Å². The van der Waals surface area contributed by atoms with E-state index in [9.17, 15) is 19.2 Å². The van der Waals surface area contributed by atoms with Gasteiger partial charge in [0.05, 0.1) is 19.9 Å². The van der Waals surface area contributed by atoms with Crippen LogP contribution in [0.3, 0.4) is 0 Å². The molecule has 1 aromatic carbocycles. The fourth-order valence-corrected chi connectivity index (χ4v) is 4.08. The number of aromatic nitrogens is 2. The lowest BCUT2D eigenvalue weighted by atomic mass is 10.0. The molecule has 2 fully saturated rings. The van der Waals surface area contributed by atoms with Crippen LogP contribution in [0.1, 0.15) is 33.7 Å².